The van der Waals surface area contributed by atoms with Gasteiger partial charge in [0.1, 0.15) is 16.9 Å². The zero-order valence-electron chi connectivity index (χ0n) is 11.7. The number of aryl methyl sites for hydroxylation is 1. The highest BCUT2D eigenvalue weighted by Gasteiger charge is 2.09. The summed E-state index contributed by atoms with van der Waals surface area (Å²) in [6.45, 7) is 0. The molecule has 0 aliphatic rings. The number of hydrogen-bond acceptors (Lipinski definition) is 4. The van der Waals surface area contributed by atoms with Gasteiger partial charge in [0.15, 0.2) is 0 Å². The third-order valence-corrected chi connectivity index (χ3v) is 3.91. The van der Waals surface area contributed by atoms with E-state index in [-0.39, 0.29) is 5.82 Å². The van der Waals surface area contributed by atoms with Gasteiger partial charge in [-0.2, -0.15) is 10.4 Å². The van der Waals surface area contributed by atoms with Crippen LogP contribution < -0.4 is 0 Å². The molecule has 3 aromatic rings. The fraction of sp³-hybridized carbons (Fsp3) is 0.0625. The minimum atomic E-state index is -0.284. The Kier molecular flexibility index (Phi) is 3.81. The molecule has 0 saturated carbocycles. The van der Waals surface area contributed by atoms with E-state index in [0.717, 1.165) is 16.8 Å². The normalized spacial score (nSPS) is 11.4. The van der Waals surface area contributed by atoms with E-state index in [1.807, 2.05) is 18.6 Å². The van der Waals surface area contributed by atoms with Crippen molar-refractivity contribution in [2.45, 2.75) is 0 Å². The average molecular weight is 310 g/mol. The van der Waals surface area contributed by atoms with Crippen molar-refractivity contribution in [3.63, 3.8) is 0 Å². The summed E-state index contributed by atoms with van der Waals surface area (Å²) in [7, 11) is 1.82. The summed E-state index contributed by atoms with van der Waals surface area (Å²) in [5.41, 5.74) is 2.87. The lowest BCUT2D eigenvalue weighted by Gasteiger charge is -1.96. The fourth-order valence-electron chi connectivity index (χ4n) is 1.97. The molecule has 4 nitrogen and oxygen atoms in total. The van der Waals surface area contributed by atoms with Crippen LogP contribution in [0.5, 0.6) is 0 Å². The molecule has 0 amide bonds. The molecule has 1 aromatic carbocycles. The van der Waals surface area contributed by atoms with Crippen molar-refractivity contribution in [3.05, 3.63) is 58.4 Å². The van der Waals surface area contributed by atoms with Crippen molar-refractivity contribution in [1.82, 2.24) is 14.8 Å². The first-order valence-electron chi connectivity index (χ1n) is 6.48. The van der Waals surface area contributed by atoms with Gasteiger partial charge in [-0.05, 0) is 30.3 Å². The number of nitriles is 1. The molecule has 2 aromatic heterocycles. The maximum Gasteiger partial charge on any atom is 0.134 e. The monoisotopic (exact) mass is 310 g/mol. The van der Waals surface area contributed by atoms with Gasteiger partial charge < -0.3 is 0 Å². The highest BCUT2D eigenvalue weighted by molar-refractivity contribution is 7.11. The molecule has 0 fully saturated rings. The topological polar surface area (TPSA) is 54.5 Å². The summed E-state index contributed by atoms with van der Waals surface area (Å²) in [6, 6.07) is 8.29. The van der Waals surface area contributed by atoms with Gasteiger partial charge in [-0.3, -0.25) is 4.68 Å². The van der Waals surface area contributed by atoms with Crippen molar-refractivity contribution in [2.75, 3.05) is 0 Å². The largest absolute Gasteiger partial charge is 0.275 e. The smallest absolute Gasteiger partial charge is 0.134 e. The van der Waals surface area contributed by atoms with Crippen LogP contribution in [0.15, 0.2) is 42.0 Å². The van der Waals surface area contributed by atoms with Crippen LogP contribution in [0.1, 0.15) is 10.6 Å². The van der Waals surface area contributed by atoms with Crippen LogP contribution in [0, 0.1) is 17.1 Å². The number of halogens is 1. The molecular formula is C16H11FN4S. The molecule has 3 rings (SSSR count). The van der Waals surface area contributed by atoms with Gasteiger partial charge in [0, 0.05) is 29.8 Å². The highest BCUT2D eigenvalue weighted by Crippen LogP contribution is 2.27. The van der Waals surface area contributed by atoms with Gasteiger partial charge in [-0.15, -0.1) is 11.3 Å². The van der Waals surface area contributed by atoms with Crippen LogP contribution in [0.3, 0.4) is 0 Å². The van der Waals surface area contributed by atoms with Gasteiger partial charge in [-0.1, -0.05) is 0 Å². The van der Waals surface area contributed by atoms with Gasteiger partial charge >= 0.3 is 0 Å². The van der Waals surface area contributed by atoms with E-state index in [9.17, 15) is 9.65 Å². The summed E-state index contributed by atoms with van der Waals surface area (Å²) in [5, 5.41) is 15.9. The standard InChI is InChI=1S/C16H11FN4S/c1-21-9-11(8-19-21)6-13(7-18)16-20-15(10-22-16)12-2-4-14(17)5-3-12/h2-6,8-10H,1H3. The molecule has 2 heterocycles. The minimum absolute atomic E-state index is 0.284. The predicted molar refractivity (Wildman–Crippen MR) is 84.2 cm³/mol. The molecule has 0 aliphatic carbocycles. The zero-order chi connectivity index (χ0) is 15.5. The third-order valence-electron chi connectivity index (χ3n) is 3.03. The fourth-order valence-corrected chi connectivity index (χ4v) is 2.77. The van der Waals surface area contributed by atoms with Crippen LogP contribution in [-0.4, -0.2) is 14.8 Å². The molecule has 108 valence electrons. The van der Waals surface area contributed by atoms with E-state index in [4.69, 9.17) is 0 Å². The zero-order valence-corrected chi connectivity index (χ0v) is 12.5. The number of allylic oxidation sites excluding steroid dienone is 1. The number of rotatable bonds is 3. The second-order valence-electron chi connectivity index (χ2n) is 4.66. The maximum atomic E-state index is 13.0. The summed E-state index contributed by atoms with van der Waals surface area (Å²) in [4.78, 5) is 4.46. The first-order chi connectivity index (χ1) is 10.7. The second kappa shape index (κ2) is 5.92. The SMILES string of the molecule is Cn1cc(C=C(C#N)c2nc(-c3ccc(F)cc3)cs2)cn1. The molecule has 0 radical (unpaired) electrons. The molecule has 0 unspecified atom stereocenters. The van der Waals surface area contributed by atoms with Crippen molar-refractivity contribution in [1.29, 1.82) is 5.26 Å². The van der Waals surface area contributed by atoms with Gasteiger partial charge in [0.05, 0.1) is 17.5 Å². The Morgan fingerprint density at radius 1 is 1.36 bits per heavy atom. The number of nitrogens with zero attached hydrogens (tertiary/aromatic N) is 4. The Balaban J connectivity index is 1.93. The van der Waals surface area contributed by atoms with E-state index in [0.29, 0.717) is 10.6 Å². The first kappa shape index (κ1) is 14.2. The molecule has 0 N–H and O–H groups in total. The number of benzene rings is 1. The molecule has 0 spiro atoms. The lowest BCUT2D eigenvalue weighted by atomic mass is 10.2. The molecule has 0 saturated heterocycles. The molecule has 0 atom stereocenters. The van der Waals surface area contributed by atoms with E-state index in [1.165, 1.54) is 23.5 Å². The van der Waals surface area contributed by atoms with Crippen molar-refractivity contribution in [2.24, 2.45) is 7.05 Å². The van der Waals surface area contributed by atoms with E-state index >= 15 is 0 Å². The Hall–Kier alpha value is -2.78. The maximum absolute atomic E-state index is 13.0. The molecule has 0 aliphatic heterocycles. The van der Waals surface area contributed by atoms with Crippen LogP contribution in [-0.2, 0) is 7.05 Å². The summed E-state index contributed by atoms with van der Waals surface area (Å²) < 4.78 is 14.6. The van der Waals surface area contributed by atoms with Crippen molar-refractivity contribution < 1.29 is 4.39 Å². The first-order valence-corrected chi connectivity index (χ1v) is 7.36. The van der Waals surface area contributed by atoms with E-state index in [2.05, 4.69) is 16.2 Å². The highest BCUT2D eigenvalue weighted by atomic mass is 32.1. The van der Waals surface area contributed by atoms with Crippen molar-refractivity contribution in [3.8, 4) is 17.3 Å². The lowest BCUT2D eigenvalue weighted by molar-refractivity contribution is 0.628. The van der Waals surface area contributed by atoms with Crippen LogP contribution in [0.25, 0.3) is 22.9 Å². The van der Waals surface area contributed by atoms with Crippen LogP contribution in [0.4, 0.5) is 4.39 Å². The Morgan fingerprint density at radius 2 is 2.14 bits per heavy atom. The van der Waals surface area contributed by atoms with Crippen LogP contribution >= 0.6 is 11.3 Å². The van der Waals surface area contributed by atoms with E-state index < -0.39 is 0 Å². The molecular weight excluding hydrogens is 299 g/mol. The summed E-state index contributed by atoms with van der Waals surface area (Å²) in [5.74, 6) is -0.284. The Morgan fingerprint density at radius 3 is 2.77 bits per heavy atom. The summed E-state index contributed by atoms with van der Waals surface area (Å²) in [6.07, 6.45) is 5.26. The molecule has 0 bridgehead atoms. The molecule has 22 heavy (non-hydrogen) atoms. The average Bonchev–Trinajstić information content (AvgIpc) is 3.15. The van der Waals surface area contributed by atoms with Gasteiger partial charge in [-0.25, -0.2) is 9.37 Å². The predicted octanol–water partition coefficient (Wildman–Crippen LogP) is 3.75. The molecule has 6 heteroatoms. The quantitative estimate of drug-likeness (QED) is 0.692. The number of aromatic nitrogens is 3. The van der Waals surface area contributed by atoms with Crippen LogP contribution in [0.2, 0.25) is 0 Å². The summed E-state index contributed by atoms with van der Waals surface area (Å²) >= 11 is 1.38. The van der Waals surface area contributed by atoms with Crippen molar-refractivity contribution >= 4 is 23.0 Å². The second-order valence-corrected chi connectivity index (χ2v) is 5.52. The van der Waals surface area contributed by atoms with Gasteiger partial charge in [0.2, 0.25) is 0 Å². The van der Waals surface area contributed by atoms with Gasteiger partial charge in [0.25, 0.3) is 0 Å². The van der Waals surface area contributed by atoms with E-state index in [1.54, 1.807) is 29.1 Å². The Bertz CT molecular complexity index is 868. The number of thiazole rings is 1. The third kappa shape index (κ3) is 2.95. The Labute approximate surface area is 130 Å². The number of hydrogen-bond donors (Lipinski definition) is 0. The lowest BCUT2D eigenvalue weighted by Crippen LogP contribution is -1.84. The minimum Gasteiger partial charge on any atom is -0.275 e.